The number of para-hydroxylation sites is 1. The highest BCUT2D eigenvalue weighted by molar-refractivity contribution is 7.90. The van der Waals surface area contributed by atoms with Gasteiger partial charge in [0, 0.05) is 26.2 Å². The molecule has 0 amide bonds. The summed E-state index contributed by atoms with van der Waals surface area (Å²) in [7, 11) is -3.58. The van der Waals surface area contributed by atoms with Crippen molar-refractivity contribution in [2.75, 3.05) is 30.9 Å². The van der Waals surface area contributed by atoms with Gasteiger partial charge in [0.2, 0.25) is 0 Å². The fourth-order valence-corrected chi connectivity index (χ4v) is 3.14. The summed E-state index contributed by atoms with van der Waals surface area (Å²) in [5.41, 5.74) is 0.912. The highest BCUT2D eigenvalue weighted by atomic mass is 32.2. The minimum atomic E-state index is -3.58. The van der Waals surface area contributed by atoms with Gasteiger partial charge < -0.3 is 0 Å². The Morgan fingerprint density at radius 3 is 2.14 bits per heavy atom. The fraction of sp³-hybridized carbons (Fsp3) is 0.571. The van der Waals surface area contributed by atoms with Crippen LogP contribution in [0, 0.1) is 0 Å². The molecule has 0 fully saturated rings. The molecule has 0 aromatic heterocycles. The lowest BCUT2D eigenvalue weighted by molar-refractivity contribution is 0.301. The maximum absolute atomic E-state index is 12.3. The first kappa shape index (κ1) is 18.4. The molecule has 0 heterocycles. The van der Waals surface area contributed by atoms with Crippen molar-refractivity contribution in [3.8, 4) is 0 Å². The van der Waals surface area contributed by atoms with E-state index < -0.39 is 10.2 Å². The lowest BCUT2D eigenvalue weighted by Gasteiger charge is -2.20. The van der Waals surface area contributed by atoms with Crippen molar-refractivity contribution in [3.63, 3.8) is 0 Å². The van der Waals surface area contributed by atoms with E-state index in [2.05, 4.69) is 15.1 Å². The van der Waals surface area contributed by atoms with Crippen molar-refractivity contribution in [2.24, 2.45) is 10.3 Å². The molecule has 0 bridgehead atoms. The Hall–Kier alpha value is -1.67. The van der Waals surface area contributed by atoms with Crippen molar-refractivity contribution >= 4 is 21.6 Å². The van der Waals surface area contributed by atoms with Gasteiger partial charge in [-0.25, -0.2) is 0 Å². The van der Waals surface area contributed by atoms with Gasteiger partial charge >= 0.3 is 10.2 Å². The van der Waals surface area contributed by atoms with E-state index in [1.165, 1.54) is 4.31 Å². The Balaban J connectivity index is 3.02. The summed E-state index contributed by atoms with van der Waals surface area (Å²) in [6, 6.07) is 6.97. The second kappa shape index (κ2) is 8.70. The van der Waals surface area contributed by atoms with Crippen LogP contribution in [0.15, 0.2) is 34.6 Å². The largest absolute Gasteiger partial charge is 0.301 e. The Morgan fingerprint density at radius 2 is 1.59 bits per heavy atom. The molecular weight excluding hydrogens is 302 g/mol. The van der Waals surface area contributed by atoms with Crippen LogP contribution in [0.1, 0.15) is 27.7 Å². The third-order valence-corrected chi connectivity index (χ3v) is 4.87. The fourth-order valence-electron chi connectivity index (χ4n) is 1.88. The summed E-state index contributed by atoms with van der Waals surface area (Å²) in [5.74, 6) is 0. The number of nitrogens with zero attached hydrogens (tertiary/aromatic N) is 4. The average Bonchev–Trinajstić information content (AvgIpc) is 2.50. The van der Waals surface area contributed by atoms with E-state index in [9.17, 15) is 8.42 Å². The molecule has 0 aliphatic carbocycles. The number of hydrogen-bond donors (Lipinski definition) is 1. The van der Waals surface area contributed by atoms with Crippen LogP contribution in [-0.4, -0.2) is 43.9 Å². The van der Waals surface area contributed by atoms with Gasteiger partial charge in [-0.05, 0) is 26.0 Å². The maximum atomic E-state index is 12.3. The van der Waals surface area contributed by atoms with Crippen LogP contribution in [-0.2, 0) is 10.2 Å². The summed E-state index contributed by atoms with van der Waals surface area (Å²) in [4.78, 5) is 0. The number of benzene rings is 1. The van der Waals surface area contributed by atoms with E-state index in [1.807, 2.05) is 13.8 Å². The monoisotopic (exact) mass is 327 g/mol. The zero-order chi connectivity index (χ0) is 16.6. The Kier molecular flexibility index (Phi) is 7.26. The first-order chi connectivity index (χ1) is 10.5. The van der Waals surface area contributed by atoms with E-state index in [0.29, 0.717) is 24.5 Å². The highest BCUT2D eigenvalue weighted by Crippen LogP contribution is 2.26. The minimum absolute atomic E-state index is 0.412. The summed E-state index contributed by atoms with van der Waals surface area (Å²) < 4.78 is 28.5. The van der Waals surface area contributed by atoms with E-state index in [4.69, 9.17) is 0 Å². The highest BCUT2D eigenvalue weighted by Gasteiger charge is 2.19. The molecule has 7 nitrogen and oxygen atoms in total. The summed E-state index contributed by atoms with van der Waals surface area (Å²) in [6.45, 7) is 9.88. The molecular formula is C14H25N5O2S. The van der Waals surface area contributed by atoms with Crippen LogP contribution < -0.4 is 4.72 Å². The van der Waals surface area contributed by atoms with Crippen LogP contribution in [0.5, 0.6) is 0 Å². The van der Waals surface area contributed by atoms with Gasteiger partial charge in [0.05, 0.1) is 5.69 Å². The zero-order valence-electron chi connectivity index (χ0n) is 13.7. The topological polar surface area (TPSA) is 77.4 Å². The Labute approximate surface area is 133 Å². The van der Waals surface area contributed by atoms with Crippen molar-refractivity contribution < 1.29 is 8.42 Å². The quantitative estimate of drug-likeness (QED) is 0.559. The third-order valence-electron chi connectivity index (χ3n) is 3.20. The van der Waals surface area contributed by atoms with Gasteiger partial charge in [-0.3, -0.25) is 9.73 Å². The average molecular weight is 327 g/mol. The van der Waals surface area contributed by atoms with Gasteiger partial charge in [-0.15, -0.1) is 5.11 Å². The van der Waals surface area contributed by atoms with Gasteiger partial charge in [0.1, 0.15) is 5.69 Å². The lowest BCUT2D eigenvalue weighted by atomic mass is 10.3. The first-order valence-corrected chi connectivity index (χ1v) is 8.95. The standard InChI is InChI=1S/C14H25N5O2S/c1-5-18(6-2)17-15-13-11-9-10-12-14(13)16-22(20,21)19(7-3)8-4/h9-12,16H,5-8H2,1-4H3. The molecule has 1 aromatic rings. The van der Waals surface area contributed by atoms with Crippen molar-refractivity contribution in [1.82, 2.24) is 9.31 Å². The first-order valence-electron chi connectivity index (χ1n) is 7.51. The second-order valence-corrected chi connectivity index (χ2v) is 6.21. The van der Waals surface area contributed by atoms with E-state index in [1.54, 1.807) is 43.1 Å². The molecule has 22 heavy (non-hydrogen) atoms. The van der Waals surface area contributed by atoms with Crippen molar-refractivity contribution in [2.45, 2.75) is 27.7 Å². The predicted molar refractivity (Wildman–Crippen MR) is 89.3 cm³/mol. The van der Waals surface area contributed by atoms with Crippen LogP contribution in [0.3, 0.4) is 0 Å². The molecule has 1 N–H and O–H groups in total. The Morgan fingerprint density at radius 1 is 1.00 bits per heavy atom. The van der Waals surface area contributed by atoms with Gasteiger partial charge in [0.25, 0.3) is 0 Å². The van der Waals surface area contributed by atoms with Gasteiger partial charge in [-0.1, -0.05) is 31.2 Å². The molecule has 0 unspecified atom stereocenters. The van der Waals surface area contributed by atoms with Crippen LogP contribution in [0.4, 0.5) is 11.4 Å². The summed E-state index contributed by atoms with van der Waals surface area (Å²) in [6.07, 6.45) is 0. The molecule has 0 spiro atoms. The number of nitrogens with one attached hydrogen (secondary N) is 1. The third kappa shape index (κ3) is 4.96. The zero-order valence-corrected chi connectivity index (χ0v) is 14.5. The number of rotatable bonds is 9. The molecule has 1 rings (SSSR count). The smallest absolute Gasteiger partial charge is 0.279 e. The molecule has 1 aromatic carbocycles. The normalized spacial score (nSPS) is 12.0. The Bertz CT molecular complexity index is 581. The van der Waals surface area contributed by atoms with Gasteiger partial charge in [-0.2, -0.15) is 12.7 Å². The minimum Gasteiger partial charge on any atom is -0.279 e. The second-order valence-electron chi connectivity index (χ2n) is 4.54. The lowest BCUT2D eigenvalue weighted by Crippen LogP contribution is -2.35. The molecule has 0 aliphatic heterocycles. The molecule has 0 saturated carbocycles. The molecule has 0 aliphatic rings. The summed E-state index contributed by atoms with van der Waals surface area (Å²) in [5, 5.41) is 10.1. The van der Waals surface area contributed by atoms with Crippen molar-refractivity contribution in [3.05, 3.63) is 24.3 Å². The van der Waals surface area contributed by atoms with Crippen LogP contribution in [0.25, 0.3) is 0 Å². The number of anilines is 1. The molecule has 0 atom stereocenters. The van der Waals surface area contributed by atoms with Crippen molar-refractivity contribution in [1.29, 1.82) is 0 Å². The van der Waals surface area contributed by atoms with E-state index >= 15 is 0 Å². The van der Waals surface area contributed by atoms with Crippen LogP contribution >= 0.6 is 0 Å². The van der Waals surface area contributed by atoms with Crippen LogP contribution in [0.2, 0.25) is 0 Å². The molecule has 8 heteroatoms. The maximum Gasteiger partial charge on any atom is 0.301 e. The molecule has 0 saturated heterocycles. The predicted octanol–water partition coefficient (Wildman–Crippen LogP) is 3.03. The molecule has 0 radical (unpaired) electrons. The van der Waals surface area contributed by atoms with E-state index in [0.717, 1.165) is 13.1 Å². The van der Waals surface area contributed by atoms with Gasteiger partial charge in [0.15, 0.2) is 0 Å². The number of hydrogen-bond acceptors (Lipinski definition) is 4. The van der Waals surface area contributed by atoms with E-state index in [-0.39, 0.29) is 0 Å². The summed E-state index contributed by atoms with van der Waals surface area (Å²) >= 11 is 0. The molecule has 124 valence electrons. The SMILES string of the molecule is CCN(CC)N=Nc1ccccc1NS(=O)(=O)N(CC)CC.